The molecular weight excluding hydrogens is 345 g/mol. The van der Waals surface area contributed by atoms with Gasteiger partial charge in [0, 0.05) is 36.9 Å². The number of aromatic nitrogens is 1. The van der Waals surface area contributed by atoms with E-state index in [2.05, 4.69) is 0 Å². The molecule has 5 nitrogen and oxygen atoms in total. The molecule has 0 N–H and O–H groups in total. The van der Waals surface area contributed by atoms with Crippen LogP contribution in [0.2, 0.25) is 0 Å². The first kappa shape index (κ1) is 18.8. The van der Waals surface area contributed by atoms with Gasteiger partial charge in [-0.15, -0.1) is 0 Å². The highest BCUT2D eigenvalue weighted by atomic mass is 32.2. The van der Waals surface area contributed by atoms with Gasteiger partial charge in [-0.3, -0.25) is 4.79 Å². The second-order valence-electron chi connectivity index (χ2n) is 7.02. The maximum atomic E-state index is 12.6. The summed E-state index contributed by atoms with van der Waals surface area (Å²) in [5.74, 6) is 0.0359. The van der Waals surface area contributed by atoms with Crippen molar-refractivity contribution in [1.82, 2.24) is 9.47 Å². The van der Waals surface area contributed by atoms with E-state index in [0.717, 1.165) is 12.3 Å². The quantitative estimate of drug-likeness (QED) is 0.808. The Bertz CT molecular complexity index is 709. The first-order valence-electron chi connectivity index (χ1n) is 7.62. The Morgan fingerprint density at radius 1 is 1.17 bits per heavy atom. The minimum atomic E-state index is -5.32. The minimum Gasteiger partial charge on any atom is -0.350 e. The van der Waals surface area contributed by atoms with Crippen molar-refractivity contribution in [2.24, 2.45) is 5.41 Å². The molecule has 0 bridgehead atoms. The van der Waals surface area contributed by atoms with E-state index in [-0.39, 0.29) is 11.9 Å². The summed E-state index contributed by atoms with van der Waals surface area (Å²) in [5.41, 5.74) is -5.78. The molecule has 136 valence electrons. The van der Waals surface area contributed by atoms with Gasteiger partial charge in [0.2, 0.25) is 5.91 Å². The van der Waals surface area contributed by atoms with Crippen LogP contribution in [0.25, 0.3) is 0 Å². The second kappa shape index (κ2) is 6.09. The van der Waals surface area contributed by atoms with Crippen molar-refractivity contribution < 1.29 is 26.4 Å². The Hall–Kier alpha value is -1.51. The Morgan fingerprint density at radius 3 is 2.17 bits per heavy atom. The fourth-order valence-electron chi connectivity index (χ4n) is 2.75. The van der Waals surface area contributed by atoms with Crippen LogP contribution < -0.4 is 0 Å². The van der Waals surface area contributed by atoms with E-state index < -0.39 is 25.7 Å². The first-order chi connectivity index (χ1) is 10.8. The smallest absolute Gasteiger partial charge is 0.350 e. The molecule has 1 aliphatic rings. The van der Waals surface area contributed by atoms with Crippen LogP contribution in [0.15, 0.2) is 23.4 Å². The van der Waals surface area contributed by atoms with Crippen molar-refractivity contribution >= 4 is 15.7 Å². The number of piperidine rings is 1. The molecule has 1 aliphatic heterocycles. The Labute approximate surface area is 139 Å². The standard InChI is InChI=1S/C15H21F3N2O3S/c1-14(2,3)13(21)19-7-4-11(5-8-19)20-9-6-12(10-20)24(22,23)15(16,17)18/h6,9-11H,4-5,7-8H2,1-3H3. The molecule has 9 heteroatoms. The van der Waals surface area contributed by atoms with Crippen LogP contribution in [0.1, 0.15) is 39.7 Å². The Morgan fingerprint density at radius 2 is 1.71 bits per heavy atom. The Kier molecular flexibility index (Phi) is 4.78. The summed E-state index contributed by atoms with van der Waals surface area (Å²) in [4.78, 5) is 13.2. The molecule has 0 radical (unpaired) electrons. The van der Waals surface area contributed by atoms with Crippen LogP contribution in [0.5, 0.6) is 0 Å². The summed E-state index contributed by atoms with van der Waals surface area (Å²) in [6.45, 7) is 6.51. The predicted octanol–water partition coefficient (Wildman–Crippen LogP) is 2.99. The number of amides is 1. The average molecular weight is 366 g/mol. The van der Waals surface area contributed by atoms with E-state index in [1.165, 1.54) is 10.8 Å². The molecule has 0 aromatic carbocycles. The van der Waals surface area contributed by atoms with E-state index in [1.54, 1.807) is 4.90 Å². The van der Waals surface area contributed by atoms with Crippen molar-refractivity contribution in [2.75, 3.05) is 13.1 Å². The highest BCUT2D eigenvalue weighted by Gasteiger charge is 2.47. The summed E-state index contributed by atoms with van der Waals surface area (Å²) in [6.07, 6.45) is 3.52. The number of hydrogen-bond acceptors (Lipinski definition) is 3. The van der Waals surface area contributed by atoms with Gasteiger partial charge < -0.3 is 9.47 Å². The predicted molar refractivity (Wildman–Crippen MR) is 82.0 cm³/mol. The van der Waals surface area contributed by atoms with Crippen LogP contribution in [0.3, 0.4) is 0 Å². The fourth-order valence-corrected chi connectivity index (χ4v) is 3.52. The molecule has 1 saturated heterocycles. The molecule has 2 heterocycles. The van der Waals surface area contributed by atoms with Gasteiger partial charge in [0.05, 0.1) is 4.90 Å². The molecule has 0 atom stereocenters. The number of halogens is 3. The maximum absolute atomic E-state index is 12.6. The number of rotatable bonds is 2. The van der Waals surface area contributed by atoms with Crippen LogP contribution >= 0.6 is 0 Å². The molecule has 1 aromatic heterocycles. The van der Waals surface area contributed by atoms with E-state index in [9.17, 15) is 26.4 Å². The molecule has 24 heavy (non-hydrogen) atoms. The number of hydrogen-bond donors (Lipinski definition) is 0. The fraction of sp³-hybridized carbons (Fsp3) is 0.667. The molecule has 1 fully saturated rings. The Balaban J connectivity index is 2.08. The number of alkyl halides is 3. The third-order valence-electron chi connectivity index (χ3n) is 4.12. The summed E-state index contributed by atoms with van der Waals surface area (Å²) in [7, 11) is -5.32. The molecule has 0 aliphatic carbocycles. The zero-order valence-corrected chi connectivity index (χ0v) is 14.6. The van der Waals surface area contributed by atoms with Crippen molar-refractivity contribution in [3.63, 3.8) is 0 Å². The number of likely N-dealkylation sites (tertiary alicyclic amines) is 1. The van der Waals surface area contributed by atoms with Crippen molar-refractivity contribution in [3.05, 3.63) is 18.5 Å². The van der Waals surface area contributed by atoms with Gasteiger partial charge in [0.1, 0.15) is 0 Å². The summed E-state index contributed by atoms with van der Waals surface area (Å²) in [6, 6.07) is 0.849. The SMILES string of the molecule is CC(C)(C)C(=O)N1CCC(n2ccc(S(=O)(=O)C(F)(F)F)c2)CC1. The van der Waals surface area contributed by atoms with Gasteiger partial charge >= 0.3 is 5.51 Å². The van der Waals surface area contributed by atoms with E-state index in [1.807, 2.05) is 20.8 Å². The lowest BCUT2D eigenvalue weighted by Gasteiger charge is -2.36. The molecule has 2 rings (SSSR count). The molecule has 0 unspecified atom stereocenters. The van der Waals surface area contributed by atoms with Gasteiger partial charge in [0.15, 0.2) is 0 Å². The topological polar surface area (TPSA) is 59.4 Å². The highest BCUT2D eigenvalue weighted by Crippen LogP contribution is 2.32. The normalized spacial score (nSPS) is 18.0. The van der Waals surface area contributed by atoms with E-state index in [0.29, 0.717) is 25.9 Å². The number of carbonyl (C=O) groups excluding carboxylic acids is 1. The molecule has 1 aromatic rings. The highest BCUT2D eigenvalue weighted by molar-refractivity contribution is 7.92. The second-order valence-corrected chi connectivity index (χ2v) is 8.96. The van der Waals surface area contributed by atoms with Crippen molar-refractivity contribution in [3.8, 4) is 0 Å². The van der Waals surface area contributed by atoms with Gasteiger partial charge in [-0.25, -0.2) is 8.42 Å². The lowest BCUT2D eigenvalue weighted by atomic mass is 9.93. The molecule has 0 spiro atoms. The van der Waals surface area contributed by atoms with Gasteiger partial charge in [-0.2, -0.15) is 13.2 Å². The van der Waals surface area contributed by atoms with Crippen LogP contribution in [-0.4, -0.2) is 42.4 Å². The average Bonchev–Trinajstić information content (AvgIpc) is 2.95. The van der Waals surface area contributed by atoms with Crippen LogP contribution in [-0.2, 0) is 14.6 Å². The zero-order chi connectivity index (χ0) is 18.3. The number of nitrogens with zero attached hydrogens (tertiary/aromatic N) is 2. The number of carbonyl (C=O) groups is 1. The first-order valence-corrected chi connectivity index (χ1v) is 9.10. The van der Waals surface area contributed by atoms with E-state index >= 15 is 0 Å². The zero-order valence-electron chi connectivity index (χ0n) is 13.8. The minimum absolute atomic E-state index is 0.0359. The third-order valence-corrected chi connectivity index (χ3v) is 5.59. The third kappa shape index (κ3) is 3.60. The summed E-state index contributed by atoms with van der Waals surface area (Å²) < 4.78 is 62.1. The lowest BCUT2D eigenvalue weighted by Crippen LogP contribution is -2.44. The molecule has 1 amide bonds. The van der Waals surface area contributed by atoms with Crippen molar-refractivity contribution in [1.29, 1.82) is 0 Å². The largest absolute Gasteiger partial charge is 0.501 e. The monoisotopic (exact) mass is 366 g/mol. The summed E-state index contributed by atoms with van der Waals surface area (Å²) in [5, 5.41) is 0. The van der Waals surface area contributed by atoms with Crippen LogP contribution in [0.4, 0.5) is 13.2 Å². The van der Waals surface area contributed by atoms with Gasteiger partial charge in [-0.1, -0.05) is 20.8 Å². The molecule has 0 saturated carbocycles. The van der Waals surface area contributed by atoms with Gasteiger partial charge in [0.25, 0.3) is 9.84 Å². The van der Waals surface area contributed by atoms with Crippen LogP contribution in [0, 0.1) is 5.41 Å². The number of sulfone groups is 1. The van der Waals surface area contributed by atoms with E-state index in [4.69, 9.17) is 0 Å². The van der Waals surface area contributed by atoms with Crippen molar-refractivity contribution in [2.45, 2.75) is 50.1 Å². The summed E-state index contributed by atoms with van der Waals surface area (Å²) >= 11 is 0. The lowest BCUT2D eigenvalue weighted by molar-refractivity contribution is -0.140. The molecular formula is C15H21F3N2O3S. The maximum Gasteiger partial charge on any atom is 0.501 e. The van der Waals surface area contributed by atoms with Gasteiger partial charge in [-0.05, 0) is 18.9 Å².